The Labute approximate surface area is 191 Å². The Kier molecular flexibility index (Phi) is 5.90. The molecule has 4 aromatic rings. The molecule has 6 nitrogen and oxygen atoms in total. The van der Waals surface area contributed by atoms with E-state index in [2.05, 4.69) is 31.4 Å². The molecule has 1 amide bonds. The Balaban J connectivity index is 1.46. The maximum atomic E-state index is 12.4. The first kappa shape index (κ1) is 21.0. The molecule has 0 atom stereocenters. The third-order valence-electron chi connectivity index (χ3n) is 4.86. The minimum Gasteiger partial charge on any atom is -0.453 e. The summed E-state index contributed by atoms with van der Waals surface area (Å²) >= 11 is 10.9. The molecule has 0 fully saturated rings. The van der Waals surface area contributed by atoms with Crippen LogP contribution in [0.1, 0.15) is 11.1 Å². The van der Waals surface area contributed by atoms with Crippen molar-refractivity contribution in [3.05, 3.63) is 57.0 Å². The summed E-state index contributed by atoms with van der Waals surface area (Å²) in [5.74, 6) is 1.30. The molecule has 0 spiro atoms. The third kappa shape index (κ3) is 4.12. The van der Waals surface area contributed by atoms with Crippen molar-refractivity contribution in [3.8, 4) is 11.6 Å². The first-order valence-electron chi connectivity index (χ1n) is 9.10. The van der Waals surface area contributed by atoms with Gasteiger partial charge in [-0.15, -0.1) is 10.2 Å². The summed E-state index contributed by atoms with van der Waals surface area (Å²) in [6.07, 6.45) is 0. The van der Waals surface area contributed by atoms with Crippen molar-refractivity contribution >= 4 is 61.9 Å². The van der Waals surface area contributed by atoms with Crippen molar-refractivity contribution in [3.63, 3.8) is 0 Å². The second kappa shape index (κ2) is 8.45. The average molecular weight is 506 g/mol. The van der Waals surface area contributed by atoms with Crippen molar-refractivity contribution < 1.29 is 9.21 Å². The summed E-state index contributed by atoms with van der Waals surface area (Å²) in [6, 6.07) is 11.1. The molecule has 0 radical (unpaired) electrons. The molecule has 0 aliphatic heterocycles. The largest absolute Gasteiger partial charge is 0.453 e. The van der Waals surface area contributed by atoms with Crippen LogP contribution in [0.4, 0.5) is 5.69 Å². The molecule has 30 heavy (non-hydrogen) atoms. The molecule has 2 heterocycles. The lowest BCUT2D eigenvalue weighted by molar-refractivity contribution is -0.113. The highest BCUT2D eigenvalue weighted by molar-refractivity contribution is 9.10. The fraction of sp³-hybridized carbons (Fsp3) is 0.190. The molecule has 2 aromatic carbocycles. The van der Waals surface area contributed by atoms with Gasteiger partial charge in [-0.1, -0.05) is 39.3 Å². The molecule has 9 heteroatoms. The highest BCUT2D eigenvalue weighted by Gasteiger charge is 2.17. The maximum absolute atomic E-state index is 12.4. The van der Waals surface area contributed by atoms with E-state index in [0.29, 0.717) is 21.8 Å². The number of hydrogen-bond acceptors (Lipinski definition) is 5. The van der Waals surface area contributed by atoms with Crippen LogP contribution < -0.4 is 5.32 Å². The van der Waals surface area contributed by atoms with Crippen LogP contribution in [-0.2, 0) is 11.8 Å². The van der Waals surface area contributed by atoms with Crippen LogP contribution in [0.5, 0.6) is 0 Å². The molecule has 0 aliphatic carbocycles. The number of rotatable bonds is 5. The van der Waals surface area contributed by atoms with Crippen molar-refractivity contribution in [2.45, 2.75) is 19.0 Å². The Morgan fingerprint density at radius 1 is 1.20 bits per heavy atom. The van der Waals surface area contributed by atoms with Gasteiger partial charge in [-0.3, -0.25) is 4.79 Å². The average Bonchev–Trinajstić information content (AvgIpc) is 3.29. The Morgan fingerprint density at radius 2 is 2.00 bits per heavy atom. The number of carbonyl (C=O) groups is 1. The topological polar surface area (TPSA) is 73.0 Å². The minimum atomic E-state index is -0.104. The maximum Gasteiger partial charge on any atom is 0.234 e. The van der Waals surface area contributed by atoms with Crippen LogP contribution in [0.2, 0.25) is 5.02 Å². The number of aromatic nitrogens is 3. The van der Waals surface area contributed by atoms with Gasteiger partial charge in [0, 0.05) is 27.6 Å². The van der Waals surface area contributed by atoms with Crippen LogP contribution >= 0.6 is 39.3 Å². The Morgan fingerprint density at radius 3 is 2.80 bits per heavy atom. The monoisotopic (exact) mass is 504 g/mol. The number of benzene rings is 2. The van der Waals surface area contributed by atoms with Gasteiger partial charge < -0.3 is 14.3 Å². The molecule has 0 unspecified atom stereocenters. The van der Waals surface area contributed by atoms with Crippen molar-refractivity contribution in [2.24, 2.45) is 7.05 Å². The fourth-order valence-corrected chi connectivity index (χ4v) is 4.34. The lowest BCUT2D eigenvalue weighted by Gasteiger charge is -2.11. The number of thioether (sulfide) groups is 1. The fourth-order valence-electron chi connectivity index (χ4n) is 3.02. The van der Waals surface area contributed by atoms with E-state index in [4.69, 9.17) is 16.0 Å². The Bertz CT molecular complexity index is 1270. The molecule has 154 valence electrons. The van der Waals surface area contributed by atoms with Gasteiger partial charge in [0.2, 0.25) is 5.91 Å². The van der Waals surface area contributed by atoms with E-state index in [1.165, 1.54) is 11.8 Å². The predicted octanol–water partition coefficient (Wildman–Crippen LogP) is 5.99. The van der Waals surface area contributed by atoms with E-state index in [0.717, 1.165) is 32.3 Å². The number of halogens is 2. The number of nitrogens with one attached hydrogen (secondary N) is 1. The second-order valence-electron chi connectivity index (χ2n) is 6.84. The molecular weight excluding hydrogens is 488 g/mol. The highest BCUT2D eigenvalue weighted by atomic mass is 79.9. The second-order valence-corrected chi connectivity index (χ2v) is 9.07. The number of nitrogens with zero attached hydrogens (tertiary/aromatic N) is 3. The standard InChI is InChI=1S/C21H18BrClN4O2S/c1-11-12(2)16(6-5-15(11)22)24-19(28)10-30-21-26-25-20(27(21)3)18-9-13-8-14(23)4-7-17(13)29-18/h4-9H,10H2,1-3H3,(H,24,28). The summed E-state index contributed by atoms with van der Waals surface area (Å²) in [7, 11) is 1.85. The van der Waals surface area contributed by atoms with E-state index in [9.17, 15) is 4.79 Å². The zero-order chi connectivity index (χ0) is 21.4. The van der Waals surface area contributed by atoms with Gasteiger partial charge in [0.1, 0.15) is 5.58 Å². The van der Waals surface area contributed by atoms with E-state index < -0.39 is 0 Å². The molecule has 1 N–H and O–H groups in total. The zero-order valence-corrected chi connectivity index (χ0v) is 19.7. The normalized spacial score (nSPS) is 11.2. The van der Waals surface area contributed by atoms with E-state index in [-0.39, 0.29) is 11.7 Å². The molecule has 4 rings (SSSR count). The summed E-state index contributed by atoms with van der Waals surface area (Å²) in [5, 5.41) is 13.6. The van der Waals surface area contributed by atoms with Gasteiger partial charge in [-0.2, -0.15) is 0 Å². The SMILES string of the molecule is Cc1c(Br)ccc(NC(=O)CSc2nnc(-c3cc4cc(Cl)ccc4o3)n2C)c1C. The van der Waals surface area contributed by atoms with Crippen LogP contribution in [0.3, 0.4) is 0 Å². The molecular formula is C21H18BrClN4O2S. The summed E-state index contributed by atoms with van der Waals surface area (Å²) in [6.45, 7) is 4.00. The first-order chi connectivity index (χ1) is 14.3. The van der Waals surface area contributed by atoms with Crippen LogP contribution in [-0.4, -0.2) is 26.4 Å². The lowest BCUT2D eigenvalue weighted by Crippen LogP contribution is -2.15. The molecule has 0 saturated heterocycles. The van der Waals surface area contributed by atoms with Crippen molar-refractivity contribution in [1.82, 2.24) is 14.8 Å². The quantitative estimate of drug-likeness (QED) is 0.337. The van der Waals surface area contributed by atoms with Crippen molar-refractivity contribution in [1.29, 1.82) is 0 Å². The Hall–Kier alpha value is -2.29. The first-order valence-corrected chi connectivity index (χ1v) is 11.3. The number of fused-ring (bicyclic) bond motifs is 1. The number of carbonyl (C=O) groups excluding carboxylic acids is 1. The molecule has 0 aliphatic rings. The molecule has 2 aromatic heterocycles. The minimum absolute atomic E-state index is 0.104. The van der Waals surface area contributed by atoms with Gasteiger partial charge in [0.15, 0.2) is 16.7 Å². The van der Waals surface area contributed by atoms with Gasteiger partial charge in [0.05, 0.1) is 5.75 Å². The van der Waals surface area contributed by atoms with Gasteiger partial charge in [-0.25, -0.2) is 0 Å². The molecule has 0 bridgehead atoms. The van der Waals surface area contributed by atoms with Gasteiger partial charge in [0.25, 0.3) is 0 Å². The van der Waals surface area contributed by atoms with E-state index >= 15 is 0 Å². The summed E-state index contributed by atoms with van der Waals surface area (Å²) < 4.78 is 8.70. The van der Waals surface area contributed by atoms with Crippen LogP contribution in [0.25, 0.3) is 22.6 Å². The third-order valence-corrected chi connectivity index (χ3v) is 6.98. The van der Waals surface area contributed by atoms with Crippen molar-refractivity contribution in [2.75, 3.05) is 11.1 Å². The number of furan rings is 1. The van der Waals surface area contributed by atoms with Crippen LogP contribution in [0, 0.1) is 13.8 Å². The zero-order valence-electron chi connectivity index (χ0n) is 16.5. The molecule has 0 saturated carbocycles. The number of hydrogen-bond donors (Lipinski definition) is 1. The number of anilines is 1. The smallest absolute Gasteiger partial charge is 0.234 e. The lowest BCUT2D eigenvalue weighted by atomic mass is 10.1. The van der Waals surface area contributed by atoms with E-state index in [1.807, 2.05) is 55.8 Å². The van der Waals surface area contributed by atoms with Gasteiger partial charge in [-0.05, 0) is 61.4 Å². The highest BCUT2D eigenvalue weighted by Crippen LogP contribution is 2.30. The van der Waals surface area contributed by atoms with Gasteiger partial charge >= 0.3 is 0 Å². The van der Waals surface area contributed by atoms with Crippen LogP contribution in [0.15, 0.2) is 50.4 Å². The summed E-state index contributed by atoms with van der Waals surface area (Å²) in [5.41, 5.74) is 3.67. The van der Waals surface area contributed by atoms with E-state index in [1.54, 1.807) is 6.07 Å². The summed E-state index contributed by atoms with van der Waals surface area (Å²) in [4.78, 5) is 12.4. The number of amides is 1. The predicted molar refractivity (Wildman–Crippen MR) is 124 cm³/mol.